The average Bonchev–Trinajstić information content (AvgIpc) is 3.17. The summed E-state index contributed by atoms with van der Waals surface area (Å²) in [7, 11) is 0. The minimum Gasteiger partial charge on any atom is -0.356 e. The van der Waals surface area contributed by atoms with E-state index in [1.54, 1.807) is 6.33 Å². The first-order chi connectivity index (χ1) is 10.3. The lowest BCUT2D eigenvalue weighted by Gasteiger charge is -2.37. The fourth-order valence-corrected chi connectivity index (χ4v) is 3.80. The molecule has 21 heavy (non-hydrogen) atoms. The summed E-state index contributed by atoms with van der Waals surface area (Å²) in [5.41, 5.74) is 1.01. The van der Waals surface area contributed by atoms with Crippen LogP contribution in [0.1, 0.15) is 31.4 Å². The first-order valence-corrected chi connectivity index (χ1v) is 7.97. The van der Waals surface area contributed by atoms with Crippen LogP contribution in [0.15, 0.2) is 12.4 Å². The number of fused-ring (bicyclic) bond motifs is 1. The molecular formula is C15H22N6. The maximum atomic E-state index is 4.44. The Labute approximate surface area is 124 Å². The van der Waals surface area contributed by atoms with E-state index in [2.05, 4.69) is 31.3 Å². The Morgan fingerprint density at radius 1 is 1.29 bits per heavy atom. The van der Waals surface area contributed by atoms with Crippen LogP contribution in [-0.4, -0.2) is 45.3 Å². The maximum absolute atomic E-state index is 4.44. The van der Waals surface area contributed by atoms with Gasteiger partial charge in [-0.15, -0.1) is 0 Å². The van der Waals surface area contributed by atoms with Gasteiger partial charge in [-0.3, -0.25) is 0 Å². The standard InChI is InChI=1S/C15H22N6/c1-11-8-14(21-15(19-11)17-10-18-21)20-7-3-4-12(9-20)13-5-2-6-16-13/h8,10,12-13,16H,2-7,9H2,1H3. The van der Waals surface area contributed by atoms with E-state index in [0.717, 1.165) is 30.5 Å². The van der Waals surface area contributed by atoms with Crippen LogP contribution in [0.3, 0.4) is 0 Å². The van der Waals surface area contributed by atoms with Crippen molar-refractivity contribution >= 4 is 11.6 Å². The minimum atomic E-state index is 0.696. The average molecular weight is 286 g/mol. The van der Waals surface area contributed by atoms with E-state index >= 15 is 0 Å². The molecule has 2 atom stereocenters. The molecule has 0 spiro atoms. The van der Waals surface area contributed by atoms with Gasteiger partial charge in [0.2, 0.25) is 0 Å². The van der Waals surface area contributed by atoms with Crippen molar-refractivity contribution in [3.8, 4) is 0 Å². The van der Waals surface area contributed by atoms with Crippen molar-refractivity contribution in [1.82, 2.24) is 24.9 Å². The lowest BCUT2D eigenvalue weighted by Crippen LogP contribution is -2.44. The lowest BCUT2D eigenvalue weighted by atomic mass is 9.90. The van der Waals surface area contributed by atoms with Gasteiger partial charge < -0.3 is 10.2 Å². The number of hydrogen-bond donors (Lipinski definition) is 1. The lowest BCUT2D eigenvalue weighted by molar-refractivity contribution is 0.327. The zero-order valence-corrected chi connectivity index (χ0v) is 12.5. The number of piperidine rings is 1. The van der Waals surface area contributed by atoms with Crippen LogP contribution in [0, 0.1) is 12.8 Å². The van der Waals surface area contributed by atoms with Gasteiger partial charge in [0.25, 0.3) is 5.78 Å². The van der Waals surface area contributed by atoms with E-state index in [1.807, 2.05) is 11.4 Å². The van der Waals surface area contributed by atoms with Crippen LogP contribution < -0.4 is 10.2 Å². The van der Waals surface area contributed by atoms with Gasteiger partial charge in [0.15, 0.2) is 0 Å². The third kappa shape index (κ3) is 2.37. The number of hydrogen-bond acceptors (Lipinski definition) is 5. The molecule has 2 aliphatic rings. The molecule has 0 aromatic carbocycles. The van der Waals surface area contributed by atoms with Crippen LogP contribution in [0.25, 0.3) is 5.78 Å². The number of aromatic nitrogens is 4. The Morgan fingerprint density at radius 2 is 2.24 bits per heavy atom. The smallest absolute Gasteiger partial charge is 0.254 e. The van der Waals surface area contributed by atoms with Gasteiger partial charge in [-0.2, -0.15) is 14.6 Å². The molecule has 2 aliphatic heterocycles. The summed E-state index contributed by atoms with van der Waals surface area (Å²) >= 11 is 0. The van der Waals surface area contributed by atoms with Crippen molar-refractivity contribution < 1.29 is 0 Å². The Balaban J connectivity index is 1.63. The van der Waals surface area contributed by atoms with E-state index in [1.165, 1.54) is 32.2 Å². The highest BCUT2D eigenvalue weighted by Crippen LogP contribution is 2.28. The highest BCUT2D eigenvalue weighted by molar-refractivity contribution is 5.47. The van der Waals surface area contributed by atoms with Crippen LogP contribution in [0.5, 0.6) is 0 Å². The molecule has 2 unspecified atom stereocenters. The molecule has 2 aromatic heterocycles. The number of nitrogens with zero attached hydrogens (tertiary/aromatic N) is 5. The van der Waals surface area contributed by atoms with Gasteiger partial charge in [-0.05, 0) is 45.1 Å². The van der Waals surface area contributed by atoms with E-state index < -0.39 is 0 Å². The Kier molecular flexibility index (Phi) is 3.25. The van der Waals surface area contributed by atoms with Gasteiger partial charge in [-0.25, -0.2) is 4.98 Å². The summed E-state index contributed by atoms with van der Waals surface area (Å²) in [4.78, 5) is 11.1. The molecule has 112 valence electrons. The number of anilines is 1. The van der Waals surface area contributed by atoms with Crippen molar-refractivity contribution in [2.45, 2.75) is 38.6 Å². The van der Waals surface area contributed by atoms with Crippen LogP contribution in [-0.2, 0) is 0 Å². The first kappa shape index (κ1) is 13.0. The van der Waals surface area contributed by atoms with Crippen molar-refractivity contribution in [3.05, 3.63) is 18.1 Å². The Bertz CT molecular complexity index is 630. The molecule has 4 heterocycles. The molecule has 0 amide bonds. The van der Waals surface area contributed by atoms with Crippen molar-refractivity contribution in [1.29, 1.82) is 0 Å². The highest BCUT2D eigenvalue weighted by atomic mass is 15.4. The molecule has 2 aromatic rings. The number of rotatable bonds is 2. The third-order valence-corrected chi connectivity index (χ3v) is 4.81. The summed E-state index contributed by atoms with van der Waals surface area (Å²) in [6.45, 7) is 5.42. The van der Waals surface area contributed by atoms with Gasteiger partial charge in [0, 0.05) is 30.9 Å². The third-order valence-electron chi connectivity index (χ3n) is 4.81. The summed E-state index contributed by atoms with van der Waals surface area (Å²) < 4.78 is 1.87. The molecule has 2 saturated heterocycles. The molecule has 0 bridgehead atoms. The summed E-state index contributed by atoms with van der Waals surface area (Å²) in [6.07, 6.45) is 6.82. The Hall–Kier alpha value is -1.69. The second-order valence-corrected chi connectivity index (χ2v) is 6.28. The van der Waals surface area contributed by atoms with Crippen molar-refractivity contribution in [2.24, 2.45) is 5.92 Å². The topological polar surface area (TPSA) is 58.4 Å². The molecule has 4 rings (SSSR count). The number of aryl methyl sites for hydroxylation is 1. The van der Waals surface area contributed by atoms with Gasteiger partial charge in [0.05, 0.1) is 0 Å². The zero-order valence-electron chi connectivity index (χ0n) is 12.5. The number of nitrogens with one attached hydrogen (secondary N) is 1. The van der Waals surface area contributed by atoms with Gasteiger partial charge in [-0.1, -0.05) is 0 Å². The zero-order chi connectivity index (χ0) is 14.2. The molecule has 2 fully saturated rings. The molecule has 6 nitrogen and oxygen atoms in total. The molecule has 6 heteroatoms. The predicted molar refractivity (Wildman–Crippen MR) is 81.5 cm³/mol. The second kappa shape index (κ2) is 5.26. The second-order valence-electron chi connectivity index (χ2n) is 6.28. The molecule has 0 radical (unpaired) electrons. The maximum Gasteiger partial charge on any atom is 0.254 e. The van der Waals surface area contributed by atoms with Crippen molar-refractivity contribution in [3.63, 3.8) is 0 Å². The molecule has 0 aliphatic carbocycles. The van der Waals surface area contributed by atoms with E-state index in [0.29, 0.717) is 11.8 Å². The summed E-state index contributed by atoms with van der Waals surface area (Å²) in [5, 5.41) is 8.01. The van der Waals surface area contributed by atoms with E-state index in [-0.39, 0.29) is 0 Å². The molecule has 1 N–H and O–H groups in total. The predicted octanol–water partition coefficient (Wildman–Crippen LogP) is 1.40. The fraction of sp³-hybridized carbons (Fsp3) is 0.667. The normalized spacial score (nSPS) is 26.6. The van der Waals surface area contributed by atoms with Crippen LogP contribution >= 0.6 is 0 Å². The van der Waals surface area contributed by atoms with E-state index in [9.17, 15) is 0 Å². The SMILES string of the molecule is Cc1cc(N2CCCC(C3CCCN3)C2)n2ncnc2n1. The summed E-state index contributed by atoms with van der Waals surface area (Å²) in [6, 6.07) is 2.83. The monoisotopic (exact) mass is 286 g/mol. The minimum absolute atomic E-state index is 0.696. The first-order valence-electron chi connectivity index (χ1n) is 7.97. The highest BCUT2D eigenvalue weighted by Gasteiger charge is 2.30. The van der Waals surface area contributed by atoms with Gasteiger partial charge in [0.1, 0.15) is 12.1 Å². The summed E-state index contributed by atoms with van der Waals surface area (Å²) in [5.74, 6) is 2.58. The van der Waals surface area contributed by atoms with Gasteiger partial charge >= 0.3 is 0 Å². The molecule has 0 saturated carbocycles. The quantitative estimate of drug-likeness (QED) is 0.904. The van der Waals surface area contributed by atoms with Crippen LogP contribution in [0.2, 0.25) is 0 Å². The van der Waals surface area contributed by atoms with E-state index in [4.69, 9.17) is 0 Å². The fourth-order valence-electron chi connectivity index (χ4n) is 3.80. The Morgan fingerprint density at radius 3 is 3.10 bits per heavy atom. The van der Waals surface area contributed by atoms with Crippen molar-refractivity contribution in [2.75, 3.05) is 24.5 Å². The largest absolute Gasteiger partial charge is 0.356 e. The molecular weight excluding hydrogens is 264 g/mol. The van der Waals surface area contributed by atoms with Crippen LogP contribution in [0.4, 0.5) is 5.82 Å².